The quantitative estimate of drug-likeness (QED) is 0.668. The van der Waals surface area contributed by atoms with Crippen molar-refractivity contribution in [3.63, 3.8) is 0 Å². The minimum absolute atomic E-state index is 0.0822. The van der Waals surface area contributed by atoms with Crippen LogP contribution >= 0.6 is 0 Å². The monoisotopic (exact) mass is 384 g/mol. The van der Waals surface area contributed by atoms with E-state index in [9.17, 15) is 8.60 Å². The van der Waals surface area contributed by atoms with Crippen LogP contribution in [0.3, 0.4) is 0 Å². The van der Waals surface area contributed by atoms with Gasteiger partial charge in [-0.1, -0.05) is 25.1 Å². The average molecular weight is 384 g/mol. The molecule has 0 amide bonds. The van der Waals surface area contributed by atoms with Crippen LogP contribution in [-0.4, -0.2) is 20.1 Å². The number of fused-ring (bicyclic) bond motifs is 1. The van der Waals surface area contributed by atoms with Gasteiger partial charge in [0.25, 0.3) is 0 Å². The predicted octanol–water partition coefficient (Wildman–Crippen LogP) is 3.88. The molecule has 138 valence electrons. The van der Waals surface area contributed by atoms with Crippen molar-refractivity contribution in [1.82, 2.24) is 9.97 Å². The van der Waals surface area contributed by atoms with E-state index in [1.54, 1.807) is 36.7 Å². The SMILES string of the molecule is CCc1cnc(COc2ccc(-c3cccc4c3S(=O)CO4)cc2F)nc1. The van der Waals surface area contributed by atoms with E-state index in [1.165, 1.54) is 6.07 Å². The summed E-state index contributed by atoms with van der Waals surface area (Å²) in [5, 5.41) is 0. The molecule has 1 atom stereocenters. The molecule has 0 bridgehead atoms. The fraction of sp³-hybridized carbons (Fsp3) is 0.200. The van der Waals surface area contributed by atoms with Gasteiger partial charge in [-0.15, -0.1) is 0 Å². The van der Waals surface area contributed by atoms with Crippen molar-refractivity contribution in [2.75, 3.05) is 5.94 Å². The maximum absolute atomic E-state index is 14.5. The number of hydrogen-bond donors (Lipinski definition) is 0. The van der Waals surface area contributed by atoms with Gasteiger partial charge >= 0.3 is 0 Å². The van der Waals surface area contributed by atoms with Crippen LogP contribution in [0.2, 0.25) is 0 Å². The molecule has 2 heterocycles. The Morgan fingerprint density at radius 2 is 2.04 bits per heavy atom. The number of hydrogen-bond acceptors (Lipinski definition) is 5. The second-order valence-electron chi connectivity index (χ2n) is 6.04. The molecule has 5 nitrogen and oxygen atoms in total. The number of benzene rings is 2. The van der Waals surface area contributed by atoms with Gasteiger partial charge < -0.3 is 9.47 Å². The van der Waals surface area contributed by atoms with Gasteiger partial charge in [-0.05, 0) is 35.7 Å². The minimum Gasteiger partial charge on any atom is -0.483 e. The van der Waals surface area contributed by atoms with Crippen molar-refractivity contribution in [3.05, 3.63) is 66.0 Å². The van der Waals surface area contributed by atoms with E-state index in [0.717, 1.165) is 12.0 Å². The first kappa shape index (κ1) is 17.6. The third-order valence-electron chi connectivity index (χ3n) is 4.29. The summed E-state index contributed by atoms with van der Waals surface area (Å²) >= 11 is 0. The average Bonchev–Trinajstić information content (AvgIpc) is 3.08. The molecule has 0 aliphatic carbocycles. The number of rotatable bonds is 5. The zero-order valence-corrected chi connectivity index (χ0v) is 15.5. The first-order valence-electron chi connectivity index (χ1n) is 8.52. The summed E-state index contributed by atoms with van der Waals surface area (Å²) in [6, 6.07) is 10.1. The number of aryl methyl sites for hydroxylation is 1. The van der Waals surface area contributed by atoms with Gasteiger partial charge in [0.15, 0.2) is 23.3 Å². The lowest BCUT2D eigenvalue weighted by Gasteiger charge is -2.10. The topological polar surface area (TPSA) is 61.3 Å². The molecule has 0 radical (unpaired) electrons. The van der Waals surface area contributed by atoms with Gasteiger partial charge in [-0.2, -0.15) is 0 Å². The largest absolute Gasteiger partial charge is 0.483 e. The molecule has 1 aromatic heterocycles. The van der Waals surface area contributed by atoms with Gasteiger partial charge in [-0.25, -0.2) is 14.4 Å². The number of nitrogens with zero attached hydrogens (tertiary/aromatic N) is 2. The molecule has 4 rings (SSSR count). The van der Waals surface area contributed by atoms with Crippen molar-refractivity contribution >= 4 is 10.8 Å². The highest BCUT2D eigenvalue weighted by atomic mass is 32.2. The summed E-state index contributed by atoms with van der Waals surface area (Å²) in [5.74, 6) is 0.822. The molecular weight excluding hydrogens is 367 g/mol. The Bertz CT molecular complexity index is 1010. The van der Waals surface area contributed by atoms with Crippen molar-refractivity contribution in [2.24, 2.45) is 0 Å². The molecular formula is C20H17FN2O3S. The Labute approximate surface area is 158 Å². The maximum Gasteiger partial charge on any atom is 0.167 e. The van der Waals surface area contributed by atoms with E-state index in [2.05, 4.69) is 9.97 Å². The first-order chi connectivity index (χ1) is 13.2. The van der Waals surface area contributed by atoms with Gasteiger partial charge in [0.1, 0.15) is 12.4 Å². The van der Waals surface area contributed by atoms with E-state index in [0.29, 0.717) is 27.6 Å². The molecule has 27 heavy (non-hydrogen) atoms. The van der Waals surface area contributed by atoms with E-state index < -0.39 is 16.6 Å². The highest BCUT2D eigenvalue weighted by molar-refractivity contribution is 7.85. The predicted molar refractivity (Wildman–Crippen MR) is 99.5 cm³/mol. The fourth-order valence-corrected chi connectivity index (χ4v) is 3.97. The summed E-state index contributed by atoms with van der Waals surface area (Å²) in [6.45, 7) is 2.11. The minimum atomic E-state index is -1.25. The lowest BCUT2D eigenvalue weighted by Crippen LogP contribution is -2.03. The Balaban J connectivity index is 1.55. The molecule has 0 fully saturated rings. The van der Waals surface area contributed by atoms with E-state index >= 15 is 0 Å². The van der Waals surface area contributed by atoms with Crippen LogP contribution in [0.4, 0.5) is 4.39 Å². The first-order valence-corrected chi connectivity index (χ1v) is 9.84. The number of ether oxygens (including phenoxy) is 2. The normalized spacial score (nSPS) is 15.3. The second kappa shape index (κ2) is 7.44. The Kier molecular flexibility index (Phi) is 4.85. The molecule has 1 aliphatic heterocycles. The molecule has 0 N–H and O–H groups in total. The molecule has 0 spiro atoms. The van der Waals surface area contributed by atoms with Gasteiger partial charge in [0.2, 0.25) is 0 Å². The Morgan fingerprint density at radius 1 is 1.22 bits per heavy atom. The van der Waals surface area contributed by atoms with E-state index in [1.807, 2.05) is 13.0 Å². The summed E-state index contributed by atoms with van der Waals surface area (Å²) < 4.78 is 37.6. The van der Waals surface area contributed by atoms with Crippen LogP contribution in [-0.2, 0) is 23.8 Å². The van der Waals surface area contributed by atoms with Crippen LogP contribution in [0.5, 0.6) is 11.5 Å². The lowest BCUT2D eigenvalue weighted by molar-refractivity contribution is 0.281. The van der Waals surface area contributed by atoms with Gasteiger partial charge in [0.05, 0.1) is 15.7 Å². The summed E-state index contributed by atoms with van der Waals surface area (Å²) in [5.41, 5.74) is 2.36. The van der Waals surface area contributed by atoms with Crippen LogP contribution in [0.15, 0.2) is 53.7 Å². The molecule has 1 aliphatic rings. The van der Waals surface area contributed by atoms with E-state index in [4.69, 9.17) is 9.47 Å². The molecule has 0 saturated heterocycles. The molecule has 2 aromatic carbocycles. The number of halogens is 1. The second-order valence-corrected chi connectivity index (χ2v) is 7.37. The summed E-state index contributed by atoms with van der Waals surface area (Å²) in [4.78, 5) is 9.01. The molecule has 1 unspecified atom stereocenters. The molecule has 3 aromatic rings. The fourth-order valence-electron chi connectivity index (χ4n) is 2.83. The zero-order valence-electron chi connectivity index (χ0n) is 14.6. The van der Waals surface area contributed by atoms with Crippen molar-refractivity contribution in [3.8, 4) is 22.6 Å². The van der Waals surface area contributed by atoms with Crippen molar-refractivity contribution in [2.45, 2.75) is 24.8 Å². The van der Waals surface area contributed by atoms with Crippen molar-refractivity contribution < 1.29 is 18.1 Å². The Hall–Kier alpha value is -2.80. The summed E-state index contributed by atoms with van der Waals surface area (Å²) in [7, 11) is -1.25. The summed E-state index contributed by atoms with van der Waals surface area (Å²) in [6.07, 6.45) is 4.34. The zero-order chi connectivity index (χ0) is 18.8. The van der Waals surface area contributed by atoms with E-state index in [-0.39, 0.29) is 18.3 Å². The highest BCUT2D eigenvalue weighted by Gasteiger charge is 2.24. The van der Waals surface area contributed by atoms with Crippen LogP contribution < -0.4 is 9.47 Å². The maximum atomic E-state index is 14.5. The number of aromatic nitrogens is 2. The van der Waals surface area contributed by atoms with Gasteiger partial charge in [-0.3, -0.25) is 4.21 Å². The van der Waals surface area contributed by atoms with Crippen LogP contribution in [0.25, 0.3) is 11.1 Å². The standard InChI is InChI=1S/C20H17FN2O3S/c1-2-13-9-22-19(23-10-13)11-25-17-7-6-14(8-16(17)21)15-4-3-5-18-20(15)27(24)12-26-18/h3-10H,2,11-12H2,1H3. The third-order valence-corrected chi connectivity index (χ3v) is 5.50. The smallest absolute Gasteiger partial charge is 0.167 e. The van der Waals surface area contributed by atoms with Gasteiger partial charge in [0, 0.05) is 18.0 Å². The van der Waals surface area contributed by atoms with Crippen LogP contribution in [0, 0.1) is 5.82 Å². The Morgan fingerprint density at radius 3 is 2.78 bits per heavy atom. The van der Waals surface area contributed by atoms with Crippen molar-refractivity contribution in [1.29, 1.82) is 0 Å². The highest BCUT2D eigenvalue weighted by Crippen LogP contribution is 2.38. The third kappa shape index (κ3) is 3.55. The van der Waals surface area contributed by atoms with Crippen LogP contribution in [0.1, 0.15) is 18.3 Å². The molecule has 0 saturated carbocycles. The molecule has 7 heteroatoms. The lowest BCUT2D eigenvalue weighted by atomic mass is 10.0.